The van der Waals surface area contributed by atoms with Crippen molar-refractivity contribution in [1.29, 1.82) is 0 Å². The second kappa shape index (κ2) is 6.66. The van der Waals surface area contributed by atoms with E-state index >= 15 is 0 Å². The normalized spacial score (nSPS) is 22.4. The van der Waals surface area contributed by atoms with Crippen LogP contribution in [0, 0.1) is 5.82 Å². The van der Waals surface area contributed by atoms with E-state index in [-0.39, 0.29) is 11.9 Å². The molecule has 0 spiro atoms. The number of hydrogen-bond acceptors (Lipinski definition) is 3. The summed E-state index contributed by atoms with van der Waals surface area (Å²) in [4.78, 5) is 0. The minimum Gasteiger partial charge on any atom is -0.309 e. The highest BCUT2D eigenvalue weighted by atomic mass is 32.2. The molecule has 94 valence electrons. The Morgan fingerprint density at radius 2 is 2.35 bits per heavy atom. The Morgan fingerprint density at radius 1 is 1.47 bits per heavy atom. The number of rotatable bonds is 4. The monoisotopic (exact) mass is 271 g/mol. The summed E-state index contributed by atoms with van der Waals surface area (Å²) in [5, 5.41) is 4.19. The molecule has 0 saturated carbocycles. The summed E-state index contributed by atoms with van der Waals surface area (Å²) < 4.78 is 13.1. The molecule has 0 radical (unpaired) electrons. The molecule has 0 aliphatic carbocycles. The van der Waals surface area contributed by atoms with Gasteiger partial charge in [-0.1, -0.05) is 12.1 Å². The molecule has 1 aromatic rings. The number of hydrogen-bond donors (Lipinski definition) is 1. The third kappa shape index (κ3) is 4.19. The molecule has 1 fully saturated rings. The summed E-state index contributed by atoms with van der Waals surface area (Å²) in [5.41, 5.74) is 1.03. The lowest BCUT2D eigenvalue weighted by atomic mass is 10.1. The Morgan fingerprint density at radius 3 is 3.06 bits per heavy atom. The van der Waals surface area contributed by atoms with Gasteiger partial charge < -0.3 is 5.32 Å². The highest BCUT2D eigenvalue weighted by Gasteiger charge is 2.15. The average molecular weight is 271 g/mol. The van der Waals surface area contributed by atoms with Crippen molar-refractivity contribution in [2.45, 2.75) is 18.2 Å². The minimum absolute atomic E-state index is 0.154. The highest BCUT2D eigenvalue weighted by molar-refractivity contribution is 8.06. The molecular formula is C13H18FNS2. The lowest BCUT2D eigenvalue weighted by Gasteiger charge is -2.23. The molecule has 1 aromatic carbocycles. The van der Waals surface area contributed by atoms with Crippen LogP contribution in [0.4, 0.5) is 4.39 Å². The first-order valence-electron chi connectivity index (χ1n) is 5.94. The van der Waals surface area contributed by atoms with Gasteiger partial charge in [0, 0.05) is 35.1 Å². The molecule has 0 aromatic heterocycles. The van der Waals surface area contributed by atoms with Crippen molar-refractivity contribution in [3.8, 4) is 0 Å². The zero-order valence-electron chi connectivity index (χ0n) is 9.99. The standard InChI is InChI=1S/C13H18FNS2/c1-10(11-3-2-4-12(14)7-11)15-8-13-9-16-5-6-17-13/h2-4,7,10,13,15H,5-6,8-9H2,1H3. The Labute approximate surface area is 111 Å². The largest absolute Gasteiger partial charge is 0.309 e. The van der Waals surface area contributed by atoms with Gasteiger partial charge in [-0.05, 0) is 24.6 Å². The van der Waals surface area contributed by atoms with Gasteiger partial charge in [0.25, 0.3) is 0 Å². The number of nitrogens with one attached hydrogen (secondary N) is 1. The van der Waals surface area contributed by atoms with Crippen LogP contribution in [-0.2, 0) is 0 Å². The maximum absolute atomic E-state index is 13.1. The maximum atomic E-state index is 13.1. The van der Waals surface area contributed by atoms with Crippen LogP contribution in [0.3, 0.4) is 0 Å². The van der Waals surface area contributed by atoms with Crippen molar-refractivity contribution in [1.82, 2.24) is 5.32 Å². The number of thioether (sulfide) groups is 2. The van der Waals surface area contributed by atoms with Crippen molar-refractivity contribution in [2.24, 2.45) is 0 Å². The molecule has 17 heavy (non-hydrogen) atoms. The lowest BCUT2D eigenvalue weighted by molar-refractivity contribution is 0.567. The van der Waals surface area contributed by atoms with Gasteiger partial charge in [-0.2, -0.15) is 23.5 Å². The predicted octanol–water partition coefficient (Wildman–Crippen LogP) is 3.32. The molecule has 1 aliphatic heterocycles. The Bertz CT molecular complexity index is 353. The van der Waals surface area contributed by atoms with Crippen molar-refractivity contribution in [2.75, 3.05) is 23.8 Å². The zero-order valence-corrected chi connectivity index (χ0v) is 11.6. The lowest BCUT2D eigenvalue weighted by Crippen LogP contribution is -2.30. The topological polar surface area (TPSA) is 12.0 Å². The molecule has 4 heteroatoms. The van der Waals surface area contributed by atoms with E-state index in [2.05, 4.69) is 12.2 Å². The van der Waals surface area contributed by atoms with E-state index in [9.17, 15) is 4.39 Å². The van der Waals surface area contributed by atoms with Crippen LogP contribution in [0.2, 0.25) is 0 Å². The van der Waals surface area contributed by atoms with Crippen LogP contribution in [-0.4, -0.2) is 29.1 Å². The van der Waals surface area contributed by atoms with Crippen molar-refractivity contribution in [3.05, 3.63) is 35.6 Å². The Balaban J connectivity index is 1.82. The van der Waals surface area contributed by atoms with Gasteiger partial charge in [0.2, 0.25) is 0 Å². The van der Waals surface area contributed by atoms with Crippen molar-refractivity contribution < 1.29 is 4.39 Å². The van der Waals surface area contributed by atoms with E-state index in [1.807, 2.05) is 29.6 Å². The average Bonchev–Trinajstić information content (AvgIpc) is 2.37. The van der Waals surface area contributed by atoms with Crippen LogP contribution in [0.15, 0.2) is 24.3 Å². The fraction of sp³-hybridized carbons (Fsp3) is 0.538. The third-order valence-corrected chi connectivity index (χ3v) is 5.73. The second-order valence-electron chi connectivity index (χ2n) is 4.25. The summed E-state index contributed by atoms with van der Waals surface area (Å²) in [7, 11) is 0. The van der Waals surface area contributed by atoms with Gasteiger partial charge in [0.15, 0.2) is 0 Å². The van der Waals surface area contributed by atoms with E-state index in [4.69, 9.17) is 0 Å². The van der Waals surface area contributed by atoms with Crippen molar-refractivity contribution in [3.63, 3.8) is 0 Å². The first kappa shape index (κ1) is 13.2. The first-order chi connectivity index (χ1) is 8.25. The molecule has 2 atom stereocenters. The summed E-state index contributed by atoms with van der Waals surface area (Å²) >= 11 is 4.08. The molecule has 2 unspecified atom stereocenters. The van der Waals surface area contributed by atoms with Crippen LogP contribution in [0.25, 0.3) is 0 Å². The van der Waals surface area contributed by atoms with E-state index < -0.39 is 0 Å². The van der Waals surface area contributed by atoms with E-state index in [0.717, 1.165) is 12.1 Å². The number of halogens is 1. The third-order valence-electron chi connectivity index (χ3n) is 2.89. The highest BCUT2D eigenvalue weighted by Crippen LogP contribution is 2.24. The maximum Gasteiger partial charge on any atom is 0.123 e. The molecule has 1 nitrogen and oxygen atoms in total. The summed E-state index contributed by atoms with van der Waals surface area (Å²) in [6, 6.07) is 7.07. The molecule has 0 bridgehead atoms. The van der Waals surface area contributed by atoms with Gasteiger partial charge >= 0.3 is 0 Å². The molecule has 1 N–H and O–H groups in total. The van der Waals surface area contributed by atoms with Gasteiger partial charge in [0.1, 0.15) is 5.82 Å². The predicted molar refractivity (Wildman–Crippen MR) is 76.4 cm³/mol. The Kier molecular flexibility index (Phi) is 5.19. The summed E-state index contributed by atoms with van der Waals surface area (Å²) in [5.74, 6) is 3.61. The molecule has 2 rings (SSSR count). The Hall–Kier alpha value is -0.190. The van der Waals surface area contributed by atoms with Gasteiger partial charge in [0.05, 0.1) is 0 Å². The molecule has 0 amide bonds. The van der Waals surface area contributed by atoms with E-state index in [1.165, 1.54) is 23.3 Å². The van der Waals surface area contributed by atoms with Gasteiger partial charge in [-0.25, -0.2) is 4.39 Å². The summed E-state index contributed by atoms with van der Waals surface area (Å²) in [6.45, 7) is 3.10. The van der Waals surface area contributed by atoms with Crippen LogP contribution < -0.4 is 5.32 Å². The molecule has 1 saturated heterocycles. The fourth-order valence-corrected chi connectivity index (χ4v) is 4.48. The quantitative estimate of drug-likeness (QED) is 0.902. The second-order valence-corrected chi connectivity index (χ2v) is 6.81. The van der Waals surface area contributed by atoms with E-state index in [1.54, 1.807) is 12.1 Å². The molecule has 1 heterocycles. The summed E-state index contributed by atoms with van der Waals surface area (Å²) in [6.07, 6.45) is 0. The van der Waals surface area contributed by atoms with Crippen LogP contribution >= 0.6 is 23.5 Å². The van der Waals surface area contributed by atoms with E-state index in [0.29, 0.717) is 5.25 Å². The first-order valence-corrected chi connectivity index (χ1v) is 8.14. The fourth-order valence-electron chi connectivity index (χ4n) is 1.86. The van der Waals surface area contributed by atoms with Gasteiger partial charge in [-0.3, -0.25) is 0 Å². The SMILES string of the molecule is CC(NCC1CSCCS1)c1cccc(F)c1. The molecular weight excluding hydrogens is 253 g/mol. The smallest absolute Gasteiger partial charge is 0.123 e. The van der Waals surface area contributed by atoms with Crippen molar-refractivity contribution >= 4 is 23.5 Å². The number of benzene rings is 1. The minimum atomic E-state index is -0.154. The van der Waals surface area contributed by atoms with Gasteiger partial charge in [-0.15, -0.1) is 0 Å². The molecule has 1 aliphatic rings. The zero-order chi connectivity index (χ0) is 12.1. The van der Waals surface area contributed by atoms with Crippen LogP contribution in [0.1, 0.15) is 18.5 Å². The van der Waals surface area contributed by atoms with Crippen LogP contribution in [0.5, 0.6) is 0 Å².